The lowest BCUT2D eigenvalue weighted by atomic mass is 9.64. The minimum atomic E-state index is -1.35. The number of para-hydroxylation sites is 1. The van der Waals surface area contributed by atoms with Crippen molar-refractivity contribution in [2.24, 2.45) is 5.92 Å². The number of methoxy groups -OCH3 is 1. The summed E-state index contributed by atoms with van der Waals surface area (Å²) in [4.78, 5) is 43.5. The smallest absolute Gasteiger partial charge is 0.238 e. The van der Waals surface area contributed by atoms with Gasteiger partial charge in [-0.3, -0.25) is 14.4 Å². The van der Waals surface area contributed by atoms with Crippen LogP contribution in [0.2, 0.25) is 0 Å². The minimum Gasteiger partial charge on any atom is -0.497 e. The fourth-order valence-electron chi connectivity index (χ4n) is 6.24. The zero-order valence-electron chi connectivity index (χ0n) is 19.7. The molecule has 1 N–H and O–H groups in total. The van der Waals surface area contributed by atoms with Gasteiger partial charge < -0.3 is 15.0 Å². The van der Waals surface area contributed by atoms with E-state index in [-0.39, 0.29) is 17.5 Å². The Morgan fingerprint density at radius 2 is 1.81 bits per heavy atom. The molecular weight excluding hydrogens is 459 g/mol. The van der Waals surface area contributed by atoms with E-state index in [1.54, 1.807) is 49.6 Å². The lowest BCUT2D eigenvalue weighted by Gasteiger charge is -2.37. The van der Waals surface area contributed by atoms with Crippen molar-refractivity contribution >= 4 is 34.9 Å². The van der Waals surface area contributed by atoms with E-state index in [2.05, 4.69) is 5.32 Å². The summed E-state index contributed by atoms with van der Waals surface area (Å²) in [5, 5.41) is 2.97. The Labute approximate surface area is 207 Å². The number of amides is 1. The number of halogens is 1. The van der Waals surface area contributed by atoms with Gasteiger partial charge in [-0.1, -0.05) is 30.4 Å². The second-order valence-corrected chi connectivity index (χ2v) is 9.41. The number of rotatable bonds is 4. The van der Waals surface area contributed by atoms with Crippen LogP contribution in [0, 0.1) is 11.7 Å². The summed E-state index contributed by atoms with van der Waals surface area (Å²) in [5.74, 6) is -1.71. The number of nitrogens with one attached hydrogen (secondary N) is 1. The van der Waals surface area contributed by atoms with Crippen LogP contribution in [-0.2, 0) is 15.0 Å². The number of ketones is 2. The first-order valence-electron chi connectivity index (χ1n) is 11.7. The summed E-state index contributed by atoms with van der Waals surface area (Å²) in [6.45, 7) is 1.44. The molecule has 0 saturated carbocycles. The Hall–Kier alpha value is -4.26. The topological polar surface area (TPSA) is 75.7 Å². The van der Waals surface area contributed by atoms with Gasteiger partial charge in [-0.05, 0) is 61.0 Å². The van der Waals surface area contributed by atoms with Gasteiger partial charge in [0.05, 0.1) is 25.1 Å². The molecule has 36 heavy (non-hydrogen) atoms. The zero-order chi connectivity index (χ0) is 25.2. The molecule has 180 valence electrons. The van der Waals surface area contributed by atoms with Crippen molar-refractivity contribution in [3.8, 4) is 5.75 Å². The van der Waals surface area contributed by atoms with Gasteiger partial charge in [0.2, 0.25) is 5.91 Å². The highest BCUT2D eigenvalue weighted by Crippen LogP contribution is 2.57. The molecule has 0 bridgehead atoms. The summed E-state index contributed by atoms with van der Waals surface area (Å²) < 4.78 is 19.3. The molecule has 7 heteroatoms. The predicted molar refractivity (Wildman–Crippen MR) is 134 cm³/mol. The average molecular weight is 483 g/mol. The third-order valence-corrected chi connectivity index (χ3v) is 7.67. The number of fused-ring (bicyclic) bond motifs is 6. The minimum absolute atomic E-state index is 0.244. The maximum Gasteiger partial charge on any atom is 0.238 e. The number of hydrogen-bond acceptors (Lipinski definition) is 5. The first-order valence-corrected chi connectivity index (χ1v) is 11.7. The van der Waals surface area contributed by atoms with Crippen LogP contribution >= 0.6 is 0 Å². The molecule has 6 nitrogen and oxygen atoms in total. The van der Waals surface area contributed by atoms with E-state index < -0.39 is 29.2 Å². The van der Waals surface area contributed by atoms with Crippen LogP contribution in [0.3, 0.4) is 0 Å². The highest BCUT2D eigenvalue weighted by Gasteiger charge is 2.69. The van der Waals surface area contributed by atoms with Gasteiger partial charge >= 0.3 is 0 Å². The quantitative estimate of drug-likeness (QED) is 0.558. The average Bonchev–Trinajstić information content (AvgIpc) is 3.36. The van der Waals surface area contributed by atoms with E-state index in [1.165, 1.54) is 19.1 Å². The van der Waals surface area contributed by atoms with Crippen LogP contribution in [-0.4, -0.2) is 36.7 Å². The van der Waals surface area contributed by atoms with Crippen molar-refractivity contribution in [1.29, 1.82) is 0 Å². The Morgan fingerprint density at radius 1 is 1.06 bits per heavy atom. The lowest BCUT2D eigenvalue weighted by molar-refractivity contribution is -0.122. The summed E-state index contributed by atoms with van der Waals surface area (Å²) in [7, 11) is 1.54. The van der Waals surface area contributed by atoms with Crippen molar-refractivity contribution in [2.45, 2.75) is 24.4 Å². The fourth-order valence-corrected chi connectivity index (χ4v) is 6.24. The number of carbonyl (C=O) groups excluding carboxylic acids is 3. The lowest BCUT2D eigenvalue weighted by Crippen LogP contribution is -2.51. The van der Waals surface area contributed by atoms with Crippen molar-refractivity contribution in [3.63, 3.8) is 0 Å². The molecule has 1 spiro atoms. The van der Waals surface area contributed by atoms with Gasteiger partial charge in [0.1, 0.15) is 17.0 Å². The van der Waals surface area contributed by atoms with Gasteiger partial charge in [0.15, 0.2) is 11.6 Å². The Balaban J connectivity index is 1.63. The molecule has 0 aromatic heterocycles. The van der Waals surface area contributed by atoms with Gasteiger partial charge in [-0.25, -0.2) is 4.39 Å². The Bertz CT molecular complexity index is 1460. The van der Waals surface area contributed by atoms with E-state index in [0.717, 1.165) is 0 Å². The number of carbonyl (C=O) groups is 3. The number of nitrogens with zero attached hydrogens (tertiary/aromatic N) is 1. The number of anilines is 2. The molecule has 1 amide bonds. The van der Waals surface area contributed by atoms with Crippen LogP contribution in [0.15, 0.2) is 72.8 Å². The second-order valence-electron chi connectivity index (χ2n) is 9.41. The summed E-state index contributed by atoms with van der Waals surface area (Å²) >= 11 is 0. The molecule has 0 aliphatic carbocycles. The largest absolute Gasteiger partial charge is 0.497 e. The van der Waals surface area contributed by atoms with Crippen LogP contribution in [0.1, 0.15) is 28.4 Å². The third-order valence-electron chi connectivity index (χ3n) is 7.67. The van der Waals surface area contributed by atoms with E-state index >= 15 is 0 Å². The summed E-state index contributed by atoms with van der Waals surface area (Å²) in [6.07, 6.45) is 3.59. The second kappa shape index (κ2) is 7.88. The fraction of sp³-hybridized carbons (Fsp3) is 0.207. The normalized spacial score (nSPS) is 25.2. The van der Waals surface area contributed by atoms with Crippen molar-refractivity contribution in [1.82, 2.24) is 0 Å². The Kier molecular flexibility index (Phi) is 4.86. The summed E-state index contributed by atoms with van der Waals surface area (Å²) in [5.41, 5.74) is 1.54. The monoisotopic (exact) mass is 482 g/mol. The molecule has 1 fully saturated rings. The third kappa shape index (κ3) is 2.86. The van der Waals surface area contributed by atoms with E-state index in [9.17, 15) is 18.8 Å². The van der Waals surface area contributed by atoms with Gasteiger partial charge in [-0.15, -0.1) is 0 Å². The molecule has 4 atom stereocenters. The van der Waals surface area contributed by atoms with Crippen LogP contribution in [0.25, 0.3) is 6.08 Å². The molecule has 1 saturated heterocycles. The molecule has 3 aromatic rings. The highest BCUT2D eigenvalue weighted by molar-refractivity contribution is 6.16. The highest BCUT2D eigenvalue weighted by atomic mass is 19.1. The first kappa shape index (κ1) is 22.2. The van der Waals surface area contributed by atoms with Crippen molar-refractivity contribution in [3.05, 3.63) is 95.3 Å². The summed E-state index contributed by atoms with van der Waals surface area (Å²) in [6, 6.07) is 16.8. The number of benzene rings is 3. The van der Waals surface area contributed by atoms with Crippen molar-refractivity contribution in [2.75, 3.05) is 17.3 Å². The SMILES string of the molecule is COc1ccc(C(=O)[C@@H]2[C@H](C(C)=O)N3c4ccc(F)cc4C=C[C@H]3[C@@]23C(=O)Nc2ccccc23)cc1. The molecule has 3 aliphatic heterocycles. The standard InChI is InChI=1S/C29H23FN2O4/c1-16(33)26-25(27(34)17-7-11-20(36-2)12-8-17)29(21-5-3-4-6-22(21)31-28(29)35)24-14-9-18-15-19(30)10-13-23(18)32(24)26/h3-15,24-26H,1-2H3,(H,31,35)/t24-,25-,26-,29+/m0/s1. The molecule has 3 aromatic carbocycles. The number of Topliss-reactive ketones (excluding diaryl/α,β-unsaturated/α-hetero) is 2. The Morgan fingerprint density at radius 3 is 2.53 bits per heavy atom. The molecule has 0 unspecified atom stereocenters. The molecule has 3 heterocycles. The zero-order valence-corrected chi connectivity index (χ0v) is 19.7. The molecule has 0 radical (unpaired) electrons. The number of hydrogen-bond donors (Lipinski definition) is 1. The molecular formula is C29H23FN2O4. The maximum absolute atomic E-state index is 14.3. The van der Waals surface area contributed by atoms with Crippen molar-refractivity contribution < 1.29 is 23.5 Å². The van der Waals surface area contributed by atoms with Crippen LogP contribution < -0.4 is 15.0 Å². The maximum atomic E-state index is 14.3. The van der Waals surface area contributed by atoms with E-state index in [4.69, 9.17) is 4.74 Å². The van der Waals surface area contributed by atoms with Crippen LogP contribution in [0.4, 0.5) is 15.8 Å². The number of ether oxygens (including phenoxy) is 1. The predicted octanol–water partition coefficient (Wildman–Crippen LogP) is 4.40. The van der Waals surface area contributed by atoms with E-state index in [0.29, 0.717) is 33.8 Å². The molecule has 6 rings (SSSR count). The van der Waals surface area contributed by atoms with E-state index in [1.807, 2.05) is 29.2 Å². The van der Waals surface area contributed by atoms with Gasteiger partial charge in [0.25, 0.3) is 0 Å². The molecule has 3 aliphatic rings. The van der Waals surface area contributed by atoms with Crippen LogP contribution in [0.5, 0.6) is 5.75 Å². The van der Waals surface area contributed by atoms with Gasteiger partial charge in [0, 0.05) is 22.5 Å². The first-order chi connectivity index (χ1) is 17.4. The van der Waals surface area contributed by atoms with Gasteiger partial charge in [-0.2, -0.15) is 0 Å².